The van der Waals surface area contributed by atoms with Crippen molar-refractivity contribution in [1.29, 1.82) is 0 Å². The average molecular weight is 368 g/mol. The number of para-hydroxylation sites is 1. The highest BCUT2D eigenvalue weighted by Crippen LogP contribution is 2.20. The lowest BCUT2D eigenvalue weighted by Gasteiger charge is -2.28. The van der Waals surface area contributed by atoms with E-state index < -0.39 is 6.10 Å². The van der Waals surface area contributed by atoms with E-state index in [-0.39, 0.29) is 19.1 Å². The first-order valence-electron chi connectivity index (χ1n) is 8.52. The third-order valence-electron chi connectivity index (χ3n) is 4.04. The highest BCUT2D eigenvalue weighted by molar-refractivity contribution is 7.99. The molecule has 140 valence electrons. The van der Waals surface area contributed by atoms with E-state index in [4.69, 9.17) is 4.74 Å². The molecule has 0 bridgehead atoms. The average Bonchev–Trinajstić information content (AvgIpc) is 2.61. The van der Waals surface area contributed by atoms with Gasteiger partial charge in [-0.15, -0.1) is 0 Å². The number of ether oxygens (including phenoxy) is 2. The van der Waals surface area contributed by atoms with Gasteiger partial charge < -0.3 is 14.6 Å². The van der Waals surface area contributed by atoms with Crippen LogP contribution in [0.2, 0.25) is 0 Å². The van der Waals surface area contributed by atoms with Crippen molar-refractivity contribution in [2.45, 2.75) is 12.6 Å². The lowest BCUT2D eigenvalue weighted by atomic mass is 10.2. The molecule has 1 unspecified atom stereocenters. The Morgan fingerprint density at radius 3 is 2.80 bits per heavy atom. The van der Waals surface area contributed by atoms with Crippen molar-refractivity contribution in [3.05, 3.63) is 29.8 Å². The summed E-state index contributed by atoms with van der Waals surface area (Å²) in [5, 5.41) is 10.2. The Morgan fingerprint density at radius 2 is 2.08 bits per heavy atom. The Kier molecular flexibility index (Phi) is 8.54. The molecule has 1 aliphatic rings. The number of nitrogens with zero attached hydrogens (tertiary/aromatic N) is 2. The third kappa shape index (κ3) is 7.23. The molecule has 1 aromatic carbocycles. The first-order valence-corrected chi connectivity index (χ1v) is 9.68. The number of carbonyl (C=O) groups excluding carboxylic acids is 1. The number of hydrogen-bond donors (Lipinski definition) is 1. The smallest absolute Gasteiger partial charge is 0.319 e. The molecular formula is C18H28N2O4S. The Labute approximate surface area is 154 Å². The number of rotatable bonds is 9. The quantitative estimate of drug-likeness (QED) is 0.655. The number of aliphatic hydroxyl groups excluding tert-OH is 1. The van der Waals surface area contributed by atoms with E-state index in [1.165, 1.54) is 7.11 Å². The maximum Gasteiger partial charge on any atom is 0.319 e. The van der Waals surface area contributed by atoms with Crippen LogP contribution in [0.1, 0.15) is 5.56 Å². The number of esters is 1. The van der Waals surface area contributed by atoms with E-state index in [9.17, 15) is 9.90 Å². The minimum absolute atomic E-state index is 0.223. The number of β-amino-alcohol motifs (C(OH)–C–C–N with tert-alkyl or cyclic N) is 1. The van der Waals surface area contributed by atoms with Crippen molar-refractivity contribution in [3.63, 3.8) is 0 Å². The van der Waals surface area contributed by atoms with Gasteiger partial charge in [0.25, 0.3) is 0 Å². The van der Waals surface area contributed by atoms with Gasteiger partial charge in [-0.2, -0.15) is 11.8 Å². The fourth-order valence-electron chi connectivity index (χ4n) is 2.73. The summed E-state index contributed by atoms with van der Waals surface area (Å²) in [5.41, 5.74) is 0.982. The minimum Gasteiger partial charge on any atom is -0.491 e. The van der Waals surface area contributed by atoms with Gasteiger partial charge in [0.1, 0.15) is 18.5 Å². The van der Waals surface area contributed by atoms with Crippen LogP contribution < -0.4 is 4.74 Å². The Bertz CT molecular complexity index is 538. The van der Waals surface area contributed by atoms with Gasteiger partial charge in [0.15, 0.2) is 0 Å². The molecule has 0 aromatic heterocycles. The lowest BCUT2D eigenvalue weighted by molar-refractivity contribution is -0.141. The molecule has 6 nitrogen and oxygen atoms in total. The third-order valence-corrected chi connectivity index (χ3v) is 4.99. The molecule has 1 N–H and O–H groups in total. The van der Waals surface area contributed by atoms with Gasteiger partial charge in [0, 0.05) is 43.2 Å². The first-order chi connectivity index (χ1) is 12.1. The topological polar surface area (TPSA) is 62.2 Å². The zero-order chi connectivity index (χ0) is 18.1. The maximum absolute atomic E-state index is 11.4. The summed E-state index contributed by atoms with van der Waals surface area (Å²) < 4.78 is 10.5. The van der Waals surface area contributed by atoms with E-state index in [1.54, 1.807) is 0 Å². The molecule has 0 amide bonds. The number of likely N-dealkylation sites (N-methyl/N-ethyl adjacent to an activating group) is 1. The lowest BCUT2D eigenvalue weighted by Crippen LogP contribution is -2.40. The molecule has 7 heteroatoms. The van der Waals surface area contributed by atoms with Crippen LogP contribution in [0.25, 0.3) is 0 Å². The predicted molar refractivity (Wildman–Crippen MR) is 100 cm³/mol. The Morgan fingerprint density at radius 1 is 1.36 bits per heavy atom. The van der Waals surface area contributed by atoms with E-state index >= 15 is 0 Å². The fraction of sp³-hybridized carbons (Fsp3) is 0.611. The van der Waals surface area contributed by atoms with Crippen LogP contribution in [0.4, 0.5) is 0 Å². The molecule has 2 rings (SSSR count). The van der Waals surface area contributed by atoms with Gasteiger partial charge in [0.2, 0.25) is 0 Å². The van der Waals surface area contributed by atoms with Gasteiger partial charge in [-0.3, -0.25) is 14.6 Å². The molecular weight excluding hydrogens is 340 g/mol. The highest BCUT2D eigenvalue weighted by Gasteiger charge is 2.16. The molecule has 1 fully saturated rings. The van der Waals surface area contributed by atoms with Crippen LogP contribution in [-0.2, 0) is 16.1 Å². The van der Waals surface area contributed by atoms with Crippen molar-refractivity contribution in [3.8, 4) is 5.75 Å². The van der Waals surface area contributed by atoms with Crippen LogP contribution in [0.15, 0.2) is 24.3 Å². The van der Waals surface area contributed by atoms with Crippen LogP contribution >= 0.6 is 11.8 Å². The molecule has 1 aliphatic heterocycles. The van der Waals surface area contributed by atoms with Crippen molar-refractivity contribution < 1.29 is 19.4 Å². The van der Waals surface area contributed by atoms with Gasteiger partial charge in [-0.25, -0.2) is 0 Å². The van der Waals surface area contributed by atoms with E-state index in [2.05, 4.69) is 9.64 Å². The standard InChI is InChI=1S/C18H28N2O4S/c1-19(13-18(22)23-2)11-15-5-3-4-6-17(15)24-14-16(21)12-20-7-9-25-10-8-20/h3-6,16,21H,7-14H2,1-2H3. The molecule has 1 aromatic rings. The minimum atomic E-state index is -0.510. The Hall–Kier alpha value is -1.28. The number of aliphatic hydroxyl groups is 1. The molecule has 0 saturated carbocycles. The summed E-state index contributed by atoms with van der Waals surface area (Å²) >= 11 is 1.96. The van der Waals surface area contributed by atoms with Crippen molar-refractivity contribution in [2.75, 3.05) is 58.4 Å². The van der Waals surface area contributed by atoms with E-state index in [0.717, 1.165) is 35.9 Å². The Balaban J connectivity index is 1.83. The SMILES string of the molecule is COC(=O)CN(C)Cc1ccccc1OCC(O)CN1CCSCC1. The molecule has 1 saturated heterocycles. The van der Waals surface area contributed by atoms with Gasteiger partial charge in [0.05, 0.1) is 13.7 Å². The monoisotopic (exact) mass is 368 g/mol. The second kappa shape index (κ2) is 10.7. The van der Waals surface area contributed by atoms with Gasteiger partial charge in [-0.05, 0) is 13.1 Å². The maximum atomic E-state index is 11.4. The van der Waals surface area contributed by atoms with Gasteiger partial charge in [-0.1, -0.05) is 18.2 Å². The number of benzene rings is 1. The molecule has 1 heterocycles. The second-order valence-electron chi connectivity index (χ2n) is 6.23. The molecule has 25 heavy (non-hydrogen) atoms. The molecule has 0 spiro atoms. The zero-order valence-electron chi connectivity index (χ0n) is 15.0. The summed E-state index contributed by atoms with van der Waals surface area (Å²) in [4.78, 5) is 15.5. The van der Waals surface area contributed by atoms with Gasteiger partial charge >= 0.3 is 5.97 Å². The number of thioether (sulfide) groups is 1. The van der Waals surface area contributed by atoms with Crippen LogP contribution in [0.3, 0.4) is 0 Å². The summed E-state index contributed by atoms with van der Waals surface area (Å²) in [5.74, 6) is 2.73. The van der Waals surface area contributed by atoms with Crippen molar-refractivity contribution >= 4 is 17.7 Å². The van der Waals surface area contributed by atoms with Crippen LogP contribution in [0.5, 0.6) is 5.75 Å². The van der Waals surface area contributed by atoms with E-state index in [1.807, 2.05) is 48.0 Å². The fourth-order valence-corrected chi connectivity index (χ4v) is 3.71. The second-order valence-corrected chi connectivity index (χ2v) is 7.46. The summed E-state index contributed by atoms with van der Waals surface area (Å²) in [7, 11) is 3.24. The van der Waals surface area contributed by atoms with Crippen LogP contribution in [-0.4, -0.2) is 85.4 Å². The number of hydrogen-bond acceptors (Lipinski definition) is 7. The predicted octanol–water partition coefficient (Wildman–Crippen LogP) is 1.08. The summed E-state index contributed by atoms with van der Waals surface area (Å²) in [6.45, 7) is 3.75. The molecule has 1 atom stereocenters. The van der Waals surface area contributed by atoms with E-state index in [0.29, 0.717) is 13.1 Å². The highest BCUT2D eigenvalue weighted by atomic mass is 32.2. The molecule has 0 aliphatic carbocycles. The normalized spacial score (nSPS) is 16.6. The summed E-state index contributed by atoms with van der Waals surface area (Å²) in [6.07, 6.45) is -0.510. The summed E-state index contributed by atoms with van der Waals surface area (Å²) in [6, 6.07) is 7.71. The number of methoxy groups -OCH3 is 1. The largest absolute Gasteiger partial charge is 0.491 e. The number of carbonyl (C=O) groups is 1. The first kappa shape index (κ1) is 20.0. The zero-order valence-corrected chi connectivity index (χ0v) is 15.8. The van der Waals surface area contributed by atoms with Crippen molar-refractivity contribution in [1.82, 2.24) is 9.80 Å². The molecule has 0 radical (unpaired) electrons. The van der Waals surface area contributed by atoms with Crippen molar-refractivity contribution in [2.24, 2.45) is 0 Å². The van der Waals surface area contributed by atoms with Crippen LogP contribution in [0, 0.1) is 0 Å².